The van der Waals surface area contributed by atoms with Gasteiger partial charge in [0.2, 0.25) is 0 Å². The van der Waals surface area contributed by atoms with Crippen molar-refractivity contribution in [3.05, 3.63) is 12.7 Å². The molecule has 0 atom stereocenters. The Morgan fingerprint density at radius 1 is 1.32 bits per heavy atom. The van der Waals surface area contributed by atoms with Crippen LogP contribution in [0.4, 0.5) is 4.79 Å². The maximum absolute atomic E-state index is 11.5. The number of carbonyl (C=O) groups excluding carboxylic acids is 1. The third-order valence-electron chi connectivity index (χ3n) is 2.55. The van der Waals surface area contributed by atoms with Crippen molar-refractivity contribution in [2.24, 2.45) is 4.99 Å². The fraction of sp³-hybridized carbons (Fsp3) is 0.733. The van der Waals surface area contributed by atoms with E-state index in [1.54, 1.807) is 7.05 Å². The molecule has 0 saturated carbocycles. The zero-order valence-corrected chi connectivity index (χ0v) is 16.8. The Kier molecular flexibility index (Phi) is 13.3. The van der Waals surface area contributed by atoms with Gasteiger partial charge in [0.25, 0.3) is 0 Å². The zero-order valence-electron chi connectivity index (χ0n) is 14.4. The highest BCUT2D eigenvalue weighted by atomic mass is 127. The van der Waals surface area contributed by atoms with E-state index in [9.17, 15) is 4.79 Å². The van der Waals surface area contributed by atoms with Crippen molar-refractivity contribution in [3.8, 4) is 0 Å². The van der Waals surface area contributed by atoms with Crippen LogP contribution in [0.3, 0.4) is 0 Å². The number of guanidine groups is 1. The maximum Gasteiger partial charge on any atom is 0.407 e. The Bertz CT molecular complexity index is 354. The number of halogens is 1. The first-order valence-corrected chi connectivity index (χ1v) is 7.29. The van der Waals surface area contributed by atoms with E-state index in [1.807, 2.05) is 33.9 Å². The van der Waals surface area contributed by atoms with Crippen molar-refractivity contribution in [2.75, 3.05) is 33.7 Å². The lowest BCUT2D eigenvalue weighted by molar-refractivity contribution is 0.0529. The number of rotatable bonds is 7. The summed E-state index contributed by atoms with van der Waals surface area (Å²) < 4.78 is 5.16. The minimum Gasteiger partial charge on any atom is -0.444 e. The fourth-order valence-corrected chi connectivity index (χ4v) is 1.62. The highest BCUT2D eigenvalue weighted by molar-refractivity contribution is 14.0. The molecule has 0 heterocycles. The summed E-state index contributed by atoms with van der Waals surface area (Å²) in [6, 6.07) is 0. The number of amides is 1. The summed E-state index contributed by atoms with van der Waals surface area (Å²) in [4.78, 5) is 17.7. The van der Waals surface area contributed by atoms with Gasteiger partial charge in [0, 0.05) is 33.7 Å². The topological polar surface area (TPSA) is 66.0 Å². The number of nitrogens with zero attached hydrogens (tertiary/aromatic N) is 2. The van der Waals surface area contributed by atoms with Gasteiger partial charge in [-0.05, 0) is 33.6 Å². The number of hydrogen-bond donors (Lipinski definition) is 2. The number of ether oxygens (including phenoxy) is 1. The van der Waals surface area contributed by atoms with Crippen molar-refractivity contribution < 1.29 is 9.53 Å². The molecule has 22 heavy (non-hydrogen) atoms. The van der Waals surface area contributed by atoms with Crippen LogP contribution in [0.25, 0.3) is 0 Å². The molecule has 0 radical (unpaired) electrons. The van der Waals surface area contributed by atoms with E-state index in [-0.39, 0.29) is 24.0 Å². The second-order valence-electron chi connectivity index (χ2n) is 5.76. The van der Waals surface area contributed by atoms with Gasteiger partial charge in [-0.15, -0.1) is 30.6 Å². The second kappa shape index (κ2) is 12.5. The molecule has 0 aliphatic carbocycles. The van der Waals surface area contributed by atoms with E-state index in [4.69, 9.17) is 4.74 Å². The average Bonchev–Trinajstić information content (AvgIpc) is 2.36. The highest BCUT2D eigenvalue weighted by Gasteiger charge is 2.15. The van der Waals surface area contributed by atoms with E-state index in [0.717, 1.165) is 25.3 Å². The molecule has 2 N–H and O–H groups in total. The molecule has 0 fully saturated rings. The van der Waals surface area contributed by atoms with Crippen molar-refractivity contribution >= 4 is 36.0 Å². The van der Waals surface area contributed by atoms with Gasteiger partial charge in [0.05, 0.1) is 0 Å². The Hall–Kier alpha value is -0.990. The molecule has 0 unspecified atom stereocenters. The van der Waals surface area contributed by atoms with Gasteiger partial charge in [-0.1, -0.05) is 6.08 Å². The summed E-state index contributed by atoms with van der Waals surface area (Å²) in [6.07, 6.45) is 3.53. The molecule has 0 aromatic heterocycles. The summed E-state index contributed by atoms with van der Waals surface area (Å²) in [7, 11) is 3.73. The van der Waals surface area contributed by atoms with Crippen LogP contribution in [0.2, 0.25) is 0 Å². The van der Waals surface area contributed by atoms with Crippen molar-refractivity contribution in [3.63, 3.8) is 0 Å². The van der Waals surface area contributed by atoms with E-state index in [1.165, 1.54) is 0 Å². The number of allylic oxidation sites excluding steroid dienone is 1. The van der Waals surface area contributed by atoms with Crippen molar-refractivity contribution in [1.82, 2.24) is 15.5 Å². The molecule has 0 aliphatic rings. The standard InChI is InChI=1S/C15H30N4O2.HI/c1-7-8-9-12-19(6)13(16-5)17-10-11-18-14(20)21-15(2,3)4;/h7H,1,8-12H2,2-6H3,(H,16,17)(H,18,20);1H. The Morgan fingerprint density at radius 3 is 2.41 bits per heavy atom. The van der Waals surface area contributed by atoms with Crippen LogP contribution in [-0.4, -0.2) is 56.3 Å². The molecule has 0 rings (SSSR count). The van der Waals surface area contributed by atoms with Crippen LogP contribution >= 0.6 is 24.0 Å². The molecule has 1 amide bonds. The summed E-state index contributed by atoms with van der Waals surface area (Å²) >= 11 is 0. The summed E-state index contributed by atoms with van der Waals surface area (Å²) in [5.74, 6) is 0.810. The molecule has 0 aromatic rings. The molecule has 0 spiro atoms. The molecule has 0 aromatic carbocycles. The summed E-state index contributed by atoms with van der Waals surface area (Å²) in [6.45, 7) is 11.2. The molecule has 0 aliphatic heterocycles. The van der Waals surface area contributed by atoms with Crippen LogP contribution in [0, 0.1) is 0 Å². The van der Waals surface area contributed by atoms with Gasteiger partial charge < -0.3 is 20.3 Å². The lowest BCUT2D eigenvalue weighted by atomic mass is 10.2. The van der Waals surface area contributed by atoms with Gasteiger partial charge in [-0.3, -0.25) is 4.99 Å². The number of alkyl carbamates (subject to hydrolysis) is 1. The minimum atomic E-state index is -0.473. The second-order valence-corrected chi connectivity index (χ2v) is 5.76. The lowest BCUT2D eigenvalue weighted by Crippen LogP contribution is -2.43. The first kappa shape index (κ1) is 23.3. The lowest BCUT2D eigenvalue weighted by Gasteiger charge is -2.22. The molecule has 0 bridgehead atoms. The Morgan fingerprint density at radius 2 is 1.91 bits per heavy atom. The van der Waals surface area contributed by atoms with E-state index < -0.39 is 11.7 Å². The van der Waals surface area contributed by atoms with Crippen molar-refractivity contribution in [2.45, 2.75) is 39.2 Å². The van der Waals surface area contributed by atoms with Gasteiger partial charge in [-0.25, -0.2) is 4.79 Å². The Labute approximate surface area is 151 Å². The molecule has 6 nitrogen and oxygen atoms in total. The fourth-order valence-electron chi connectivity index (χ4n) is 1.62. The zero-order chi connectivity index (χ0) is 16.3. The van der Waals surface area contributed by atoms with Crippen LogP contribution in [0.5, 0.6) is 0 Å². The minimum absolute atomic E-state index is 0. The quantitative estimate of drug-likeness (QED) is 0.216. The number of carbonyl (C=O) groups is 1. The number of hydrogen-bond acceptors (Lipinski definition) is 3. The molecular weight excluding hydrogens is 395 g/mol. The molecule has 130 valence electrons. The predicted molar refractivity (Wildman–Crippen MR) is 103 cm³/mol. The third kappa shape index (κ3) is 12.7. The predicted octanol–water partition coefficient (Wildman–Crippen LogP) is 2.60. The third-order valence-corrected chi connectivity index (χ3v) is 2.55. The van der Waals surface area contributed by atoms with Gasteiger partial charge in [-0.2, -0.15) is 0 Å². The molecule has 7 heteroatoms. The van der Waals surface area contributed by atoms with Crippen LogP contribution in [0.1, 0.15) is 33.6 Å². The summed E-state index contributed by atoms with van der Waals surface area (Å²) in [5, 5.41) is 5.89. The van der Waals surface area contributed by atoms with E-state index >= 15 is 0 Å². The van der Waals surface area contributed by atoms with Gasteiger partial charge in [0.1, 0.15) is 5.60 Å². The van der Waals surface area contributed by atoms with Crippen LogP contribution in [-0.2, 0) is 4.74 Å². The first-order chi connectivity index (χ1) is 9.80. The van der Waals surface area contributed by atoms with E-state index in [0.29, 0.717) is 13.1 Å². The number of nitrogens with one attached hydrogen (secondary N) is 2. The summed E-state index contributed by atoms with van der Waals surface area (Å²) in [5.41, 5.74) is -0.473. The average molecular weight is 426 g/mol. The number of aliphatic imine (C=N–C) groups is 1. The van der Waals surface area contributed by atoms with Gasteiger partial charge in [0.15, 0.2) is 5.96 Å². The monoisotopic (exact) mass is 426 g/mol. The largest absolute Gasteiger partial charge is 0.444 e. The van der Waals surface area contributed by atoms with Gasteiger partial charge >= 0.3 is 6.09 Å². The highest BCUT2D eigenvalue weighted by Crippen LogP contribution is 2.05. The van der Waals surface area contributed by atoms with Crippen LogP contribution < -0.4 is 10.6 Å². The van der Waals surface area contributed by atoms with Crippen molar-refractivity contribution in [1.29, 1.82) is 0 Å². The smallest absolute Gasteiger partial charge is 0.407 e. The van der Waals surface area contributed by atoms with Crippen LogP contribution in [0.15, 0.2) is 17.6 Å². The maximum atomic E-state index is 11.5. The molecule has 0 saturated heterocycles. The molecular formula is C15H31IN4O2. The first-order valence-electron chi connectivity index (χ1n) is 7.29. The SMILES string of the molecule is C=CCCCN(C)C(=NC)NCCNC(=O)OC(C)(C)C.I. The number of unbranched alkanes of at least 4 members (excludes halogenated alkanes) is 1. The van der Waals surface area contributed by atoms with E-state index in [2.05, 4.69) is 27.1 Å². The normalized spacial score (nSPS) is 11.2. The Balaban J connectivity index is 0.